The number of aryl methyl sites for hydroxylation is 2. The Morgan fingerprint density at radius 2 is 1.96 bits per heavy atom. The summed E-state index contributed by atoms with van der Waals surface area (Å²) in [5.74, 6) is 0.0868. The summed E-state index contributed by atoms with van der Waals surface area (Å²) in [6, 6.07) is 2.16. The molecule has 1 aliphatic rings. The van der Waals surface area contributed by atoms with Crippen molar-refractivity contribution in [1.29, 1.82) is 0 Å². The molecule has 0 aliphatic carbocycles. The van der Waals surface area contributed by atoms with E-state index in [9.17, 15) is 5.11 Å². The van der Waals surface area contributed by atoms with Crippen LogP contribution < -0.4 is 5.73 Å². The number of thiocarbonyl (C=S) groups is 1. The molecule has 0 spiro atoms. The molecule has 3 rings (SSSR count). The van der Waals surface area contributed by atoms with Crippen LogP contribution in [0.1, 0.15) is 37.5 Å². The maximum atomic E-state index is 10.8. The van der Waals surface area contributed by atoms with Gasteiger partial charge in [0.25, 0.3) is 0 Å². The quantitative estimate of drug-likeness (QED) is 0.600. The maximum absolute atomic E-state index is 10.8. The van der Waals surface area contributed by atoms with E-state index in [2.05, 4.69) is 50.1 Å². The van der Waals surface area contributed by atoms with Crippen LogP contribution in [0.2, 0.25) is 0 Å². The summed E-state index contributed by atoms with van der Waals surface area (Å²) in [7, 11) is 0. The zero-order chi connectivity index (χ0) is 17.1. The Morgan fingerprint density at radius 3 is 2.57 bits per heavy atom. The van der Waals surface area contributed by atoms with E-state index in [0.717, 1.165) is 27.6 Å². The number of hydrogen-bond acceptors (Lipinski definition) is 3. The van der Waals surface area contributed by atoms with Crippen molar-refractivity contribution in [2.45, 2.75) is 40.2 Å². The predicted octanol–water partition coefficient (Wildman–Crippen LogP) is 4.44. The topological polar surface area (TPSA) is 75.9 Å². The van der Waals surface area contributed by atoms with Crippen LogP contribution in [0.5, 0.6) is 5.88 Å². The van der Waals surface area contributed by atoms with Crippen molar-refractivity contribution in [3.63, 3.8) is 0 Å². The summed E-state index contributed by atoms with van der Waals surface area (Å²) < 4.78 is 1.91. The summed E-state index contributed by atoms with van der Waals surface area (Å²) in [6.07, 6.45) is 2.15. The molecule has 3 N–H and O–H groups in total. The minimum Gasteiger partial charge on any atom is -0.493 e. The van der Waals surface area contributed by atoms with E-state index in [1.807, 2.05) is 11.5 Å². The van der Waals surface area contributed by atoms with Crippen molar-refractivity contribution in [2.75, 3.05) is 0 Å². The van der Waals surface area contributed by atoms with Crippen LogP contribution in [-0.2, 0) is 5.54 Å². The highest BCUT2D eigenvalue weighted by atomic mass is 32.1. The van der Waals surface area contributed by atoms with Gasteiger partial charge in [-0.2, -0.15) is 0 Å². The molecular formula is C17H20N4OS. The average Bonchev–Trinajstić information content (AvgIpc) is 2.72. The number of hydrogen-bond donors (Lipinski definition) is 2. The molecule has 0 fully saturated rings. The van der Waals surface area contributed by atoms with Crippen LogP contribution in [0.3, 0.4) is 0 Å². The van der Waals surface area contributed by atoms with Crippen molar-refractivity contribution < 1.29 is 5.11 Å². The lowest BCUT2D eigenvalue weighted by atomic mass is 9.89. The largest absolute Gasteiger partial charge is 0.493 e. The molecule has 1 aliphatic heterocycles. The molecule has 0 radical (unpaired) electrons. The second-order valence-electron chi connectivity index (χ2n) is 6.62. The molecule has 2 heterocycles. The van der Waals surface area contributed by atoms with E-state index in [-0.39, 0.29) is 16.5 Å². The monoisotopic (exact) mass is 328 g/mol. The summed E-state index contributed by atoms with van der Waals surface area (Å²) in [5, 5.41) is 19.6. The molecule has 120 valence electrons. The fraction of sp³-hybridized carbons (Fsp3) is 0.353. The normalized spacial score (nSPS) is 16.1. The molecule has 2 aromatic rings. The van der Waals surface area contributed by atoms with Gasteiger partial charge in [0.1, 0.15) is 0 Å². The van der Waals surface area contributed by atoms with Crippen molar-refractivity contribution in [3.8, 4) is 5.88 Å². The molecule has 0 atom stereocenters. The van der Waals surface area contributed by atoms with Crippen molar-refractivity contribution in [3.05, 3.63) is 28.8 Å². The number of aromatic nitrogens is 1. The van der Waals surface area contributed by atoms with E-state index in [1.165, 1.54) is 5.57 Å². The van der Waals surface area contributed by atoms with Gasteiger partial charge in [-0.1, -0.05) is 6.08 Å². The summed E-state index contributed by atoms with van der Waals surface area (Å²) >= 11 is 4.78. The van der Waals surface area contributed by atoms with E-state index < -0.39 is 0 Å². The molecular weight excluding hydrogens is 308 g/mol. The number of benzene rings is 1. The predicted molar refractivity (Wildman–Crippen MR) is 97.4 cm³/mol. The molecule has 1 aromatic carbocycles. The third-order valence-electron chi connectivity index (χ3n) is 4.52. The highest BCUT2D eigenvalue weighted by Crippen LogP contribution is 2.49. The van der Waals surface area contributed by atoms with Gasteiger partial charge in [-0.25, -0.2) is 0 Å². The van der Waals surface area contributed by atoms with Crippen molar-refractivity contribution in [2.24, 2.45) is 16.0 Å². The van der Waals surface area contributed by atoms with E-state index in [0.29, 0.717) is 5.69 Å². The number of azo groups is 1. The molecule has 0 saturated heterocycles. The minimum atomic E-state index is -0.363. The fourth-order valence-electron chi connectivity index (χ4n) is 3.48. The van der Waals surface area contributed by atoms with Gasteiger partial charge in [0, 0.05) is 10.9 Å². The van der Waals surface area contributed by atoms with Gasteiger partial charge in [-0.3, -0.25) is 0 Å². The highest BCUT2D eigenvalue weighted by Gasteiger charge is 2.33. The van der Waals surface area contributed by atoms with Gasteiger partial charge in [0.15, 0.2) is 5.69 Å². The van der Waals surface area contributed by atoms with Gasteiger partial charge in [0.05, 0.1) is 11.1 Å². The van der Waals surface area contributed by atoms with Crippen LogP contribution in [0.15, 0.2) is 22.4 Å². The highest BCUT2D eigenvalue weighted by molar-refractivity contribution is 7.80. The van der Waals surface area contributed by atoms with Gasteiger partial charge in [0.2, 0.25) is 11.0 Å². The number of nitrogens with zero attached hydrogens (tertiary/aromatic N) is 3. The number of allylic oxidation sites excluding steroid dienone is 2. The standard InChI is InChI=1S/C17H20N4OS/c1-8-6-11-9(2)7-17(4,5)21-14(11)12(10(8)3)13(15(21)22)19-20-16(18)23/h6-7,22H,1-5H3,(H2,18,23). The Labute approximate surface area is 140 Å². The van der Waals surface area contributed by atoms with Crippen LogP contribution in [-0.4, -0.2) is 14.8 Å². The molecule has 1 aromatic heterocycles. The Morgan fingerprint density at radius 1 is 1.30 bits per heavy atom. The van der Waals surface area contributed by atoms with Crippen LogP contribution in [0, 0.1) is 13.8 Å². The lowest BCUT2D eigenvalue weighted by Gasteiger charge is -2.31. The van der Waals surface area contributed by atoms with Gasteiger partial charge < -0.3 is 15.4 Å². The van der Waals surface area contributed by atoms with E-state index >= 15 is 0 Å². The van der Waals surface area contributed by atoms with E-state index in [4.69, 9.17) is 18.0 Å². The average molecular weight is 328 g/mol. The fourth-order valence-corrected chi connectivity index (χ4v) is 3.52. The lowest BCUT2D eigenvalue weighted by molar-refractivity contribution is 0.362. The summed E-state index contributed by atoms with van der Waals surface area (Å²) in [4.78, 5) is 0. The molecule has 23 heavy (non-hydrogen) atoms. The second kappa shape index (κ2) is 4.89. The smallest absolute Gasteiger partial charge is 0.221 e. The van der Waals surface area contributed by atoms with Crippen LogP contribution in [0.4, 0.5) is 5.69 Å². The van der Waals surface area contributed by atoms with Crippen molar-refractivity contribution in [1.82, 2.24) is 4.57 Å². The van der Waals surface area contributed by atoms with Crippen LogP contribution >= 0.6 is 12.2 Å². The Hall–Kier alpha value is -2.21. The Kier molecular flexibility index (Phi) is 3.33. The first kappa shape index (κ1) is 15.7. The van der Waals surface area contributed by atoms with Crippen LogP contribution in [0.25, 0.3) is 16.5 Å². The maximum Gasteiger partial charge on any atom is 0.221 e. The first-order valence-corrected chi connectivity index (χ1v) is 7.85. The third kappa shape index (κ3) is 2.16. The van der Waals surface area contributed by atoms with Gasteiger partial charge in [-0.15, -0.1) is 10.2 Å². The summed E-state index contributed by atoms with van der Waals surface area (Å²) in [6.45, 7) is 10.3. The first-order chi connectivity index (χ1) is 10.6. The Bertz CT molecular complexity index is 919. The SMILES string of the molecule is CC1=CC(C)(C)n2c(O)c(N=NC(N)=S)c3c(C)c(C)cc1c32. The molecule has 0 saturated carbocycles. The zero-order valence-electron chi connectivity index (χ0n) is 13.9. The molecule has 0 amide bonds. The molecule has 5 nitrogen and oxygen atoms in total. The first-order valence-electron chi connectivity index (χ1n) is 7.44. The van der Waals surface area contributed by atoms with Gasteiger partial charge >= 0.3 is 0 Å². The van der Waals surface area contributed by atoms with Gasteiger partial charge in [-0.05, 0) is 69.6 Å². The zero-order valence-corrected chi connectivity index (χ0v) is 14.7. The summed E-state index contributed by atoms with van der Waals surface area (Å²) in [5.41, 5.74) is 11.0. The number of nitrogens with two attached hydrogens (primary N) is 1. The lowest BCUT2D eigenvalue weighted by Crippen LogP contribution is -2.26. The Balaban J connectivity index is 2.53. The third-order valence-corrected chi connectivity index (χ3v) is 4.60. The number of rotatable bonds is 1. The minimum absolute atomic E-state index is 0.0562. The molecule has 0 unspecified atom stereocenters. The molecule has 0 bridgehead atoms. The van der Waals surface area contributed by atoms with Crippen molar-refractivity contribution >= 4 is 39.5 Å². The number of aromatic hydroxyl groups is 1. The van der Waals surface area contributed by atoms with E-state index in [1.54, 1.807) is 0 Å². The second-order valence-corrected chi connectivity index (χ2v) is 7.03. The molecule has 6 heteroatoms.